The third-order valence-electron chi connectivity index (χ3n) is 3.55. The average molecular weight is 375 g/mol. The van der Waals surface area contributed by atoms with Gasteiger partial charge in [-0.1, -0.05) is 41.6 Å². The summed E-state index contributed by atoms with van der Waals surface area (Å²) in [5.74, 6) is 0. The van der Waals surface area contributed by atoms with E-state index < -0.39 is 0 Å². The summed E-state index contributed by atoms with van der Waals surface area (Å²) in [5, 5.41) is 2.71. The van der Waals surface area contributed by atoms with E-state index in [1.165, 1.54) is 24.7 Å². The molecule has 0 amide bonds. The van der Waals surface area contributed by atoms with Gasteiger partial charge in [-0.05, 0) is 37.9 Å². The van der Waals surface area contributed by atoms with Crippen LogP contribution in [-0.2, 0) is 14.5 Å². The van der Waals surface area contributed by atoms with E-state index in [2.05, 4.69) is 6.58 Å². The molecule has 0 aromatic heterocycles. The first-order valence-corrected chi connectivity index (χ1v) is 8.13. The Morgan fingerprint density at radius 1 is 1.08 bits per heavy atom. The van der Waals surface area contributed by atoms with Crippen LogP contribution in [0.5, 0.6) is 0 Å². The minimum atomic E-state index is -0.288. The van der Waals surface area contributed by atoms with E-state index in [-0.39, 0.29) is 24.6 Å². The van der Waals surface area contributed by atoms with Crippen molar-refractivity contribution in [3.05, 3.63) is 48.6 Å². The SMILES string of the molecule is C=CC(c1ccccc1)N(OC(CCN)CCCN)N(OC)OC.Cl. The number of benzene rings is 1. The van der Waals surface area contributed by atoms with Crippen LogP contribution in [0.4, 0.5) is 0 Å². The van der Waals surface area contributed by atoms with Gasteiger partial charge in [0.1, 0.15) is 0 Å². The lowest BCUT2D eigenvalue weighted by Crippen LogP contribution is -2.45. The van der Waals surface area contributed by atoms with Crippen LogP contribution in [0.15, 0.2) is 43.0 Å². The maximum absolute atomic E-state index is 6.15. The lowest BCUT2D eigenvalue weighted by atomic mass is 10.1. The molecule has 1 aromatic carbocycles. The van der Waals surface area contributed by atoms with E-state index in [1.54, 1.807) is 6.08 Å². The number of hydroxylamine groups is 1. The van der Waals surface area contributed by atoms with Crippen LogP contribution in [0, 0.1) is 0 Å². The zero-order valence-corrected chi connectivity index (χ0v) is 15.9. The standard InChI is InChI=1S/C17H30N4O3.ClH/c1-4-17(15-9-6-5-7-10-15)20(21(22-2)23-3)24-16(12-14-19)11-8-13-18;/h4-7,9-10,16-17H,1,8,11-14,18-19H2,2-3H3;1H. The number of halogens is 1. The second-order valence-electron chi connectivity index (χ2n) is 5.23. The average Bonchev–Trinajstić information content (AvgIpc) is 2.62. The van der Waals surface area contributed by atoms with Crippen molar-refractivity contribution in [3.8, 4) is 0 Å². The molecule has 2 atom stereocenters. The molecule has 4 N–H and O–H groups in total. The smallest absolute Gasteiger partial charge is 0.0990 e. The Balaban J connectivity index is 0.00000576. The van der Waals surface area contributed by atoms with Crippen molar-refractivity contribution in [2.45, 2.75) is 31.4 Å². The fourth-order valence-electron chi connectivity index (χ4n) is 2.38. The minimum Gasteiger partial charge on any atom is -0.330 e. The lowest BCUT2D eigenvalue weighted by molar-refractivity contribution is -0.534. The Morgan fingerprint density at radius 2 is 1.72 bits per heavy atom. The minimum absolute atomic E-state index is 0. The Morgan fingerprint density at radius 3 is 2.20 bits per heavy atom. The normalized spacial score (nSPS) is 13.5. The van der Waals surface area contributed by atoms with Crippen molar-refractivity contribution < 1.29 is 14.5 Å². The van der Waals surface area contributed by atoms with Crippen LogP contribution in [0.3, 0.4) is 0 Å². The monoisotopic (exact) mass is 374 g/mol. The van der Waals surface area contributed by atoms with Gasteiger partial charge in [0.15, 0.2) is 0 Å². The van der Waals surface area contributed by atoms with Gasteiger partial charge in [0.25, 0.3) is 0 Å². The van der Waals surface area contributed by atoms with Crippen molar-refractivity contribution in [2.24, 2.45) is 11.5 Å². The molecule has 8 heteroatoms. The van der Waals surface area contributed by atoms with E-state index in [4.69, 9.17) is 26.0 Å². The summed E-state index contributed by atoms with van der Waals surface area (Å²) in [5.41, 5.74) is 12.3. The maximum atomic E-state index is 6.15. The molecule has 0 aliphatic rings. The Bertz CT molecular complexity index is 449. The predicted molar refractivity (Wildman–Crippen MR) is 101 cm³/mol. The van der Waals surface area contributed by atoms with Crippen LogP contribution in [0.2, 0.25) is 0 Å². The van der Waals surface area contributed by atoms with Crippen molar-refractivity contribution in [1.82, 2.24) is 10.5 Å². The topological polar surface area (TPSA) is 86.2 Å². The third kappa shape index (κ3) is 7.81. The molecular formula is C17H31ClN4O3. The van der Waals surface area contributed by atoms with Crippen molar-refractivity contribution in [2.75, 3.05) is 27.3 Å². The van der Waals surface area contributed by atoms with Gasteiger partial charge in [-0.2, -0.15) is 0 Å². The highest BCUT2D eigenvalue weighted by atomic mass is 35.5. The number of hydrazine groups is 1. The Hall–Kier alpha value is -1.03. The summed E-state index contributed by atoms with van der Waals surface area (Å²) in [6.07, 6.45) is 4.02. The van der Waals surface area contributed by atoms with Gasteiger partial charge < -0.3 is 11.5 Å². The summed E-state index contributed by atoms with van der Waals surface area (Å²) in [6.45, 7) is 5.05. The molecule has 144 valence electrons. The molecule has 0 saturated carbocycles. The van der Waals surface area contributed by atoms with Crippen LogP contribution in [-0.4, -0.2) is 43.9 Å². The van der Waals surface area contributed by atoms with Gasteiger partial charge in [-0.25, -0.2) is 0 Å². The summed E-state index contributed by atoms with van der Waals surface area (Å²) in [6, 6.07) is 9.56. The van der Waals surface area contributed by atoms with Gasteiger partial charge in [0, 0.05) is 5.34 Å². The number of hydrogen-bond acceptors (Lipinski definition) is 7. The largest absolute Gasteiger partial charge is 0.330 e. The van der Waals surface area contributed by atoms with Gasteiger partial charge >= 0.3 is 0 Å². The second kappa shape index (κ2) is 14.2. The molecular weight excluding hydrogens is 344 g/mol. The molecule has 0 bridgehead atoms. The quantitative estimate of drug-likeness (QED) is 0.405. The molecule has 0 saturated heterocycles. The van der Waals surface area contributed by atoms with Crippen molar-refractivity contribution in [3.63, 3.8) is 0 Å². The zero-order valence-electron chi connectivity index (χ0n) is 15.0. The summed E-state index contributed by atoms with van der Waals surface area (Å²) >= 11 is 0. The summed E-state index contributed by atoms with van der Waals surface area (Å²) < 4.78 is 0. The van der Waals surface area contributed by atoms with Crippen LogP contribution < -0.4 is 11.5 Å². The van der Waals surface area contributed by atoms with Gasteiger partial charge in [-0.3, -0.25) is 14.5 Å². The first-order valence-electron chi connectivity index (χ1n) is 8.13. The Labute approximate surface area is 156 Å². The van der Waals surface area contributed by atoms with Crippen molar-refractivity contribution >= 4 is 12.4 Å². The second-order valence-corrected chi connectivity index (χ2v) is 5.23. The van der Waals surface area contributed by atoms with Crippen LogP contribution in [0.25, 0.3) is 0 Å². The predicted octanol–water partition coefficient (Wildman–Crippen LogP) is 2.37. The molecule has 25 heavy (non-hydrogen) atoms. The van der Waals surface area contributed by atoms with E-state index in [1.807, 2.05) is 30.3 Å². The molecule has 0 radical (unpaired) electrons. The maximum Gasteiger partial charge on any atom is 0.0990 e. The molecule has 0 fully saturated rings. The number of rotatable bonds is 13. The number of nitrogens with zero attached hydrogens (tertiary/aromatic N) is 2. The van der Waals surface area contributed by atoms with E-state index >= 15 is 0 Å². The number of hydrogen-bond donors (Lipinski definition) is 2. The fraction of sp³-hybridized carbons (Fsp3) is 0.529. The molecule has 7 nitrogen and oxygen atoms in total. The molecule has 0 aliphatic heterocycles. The zero-order chi connectivity index (χ0) is 17.8. The highest BCUT2D eigenvalue weighted by Gasteiger charge is 2.29. The third-order valence-corrected chi connectivity index (χ3v) is 3.55. The highest BCUT2D eigenvalue weighted by molar-refractivity contribution is 5.85. The van der Waals surface area contributed by atoms with Gasteiger partial charge in [-0.15, -0.1) is 19.0 Å². The molecule has 0 aliphatic carbocycles. The van der Waals surface area contributed by atoms with Gasteiger partial charge in [0.05, 0.1) is 26.4 Å². The molecule has 0 heterocycles. The van der Waals surface area contributed by atoms with E-state index in [0.29, 0.717) is 19.5 Å². The first-order chi connectivity index (χ1) is 11.7. The summed E-state index contributed by atoms with van der Waals surface area (Å²) in [4.78, 5) is 16.7. The highest BCUT2D eigenvalue weighted by Crippen LogP contribution is 2.26. The number of nitrogens with two attached hydrogens (primary N) is 2. The lowest BCUT2D eigenvalue weighted by Gasteiger charge is -2.36. The molecule has 1 rings (SSSR count). The first kappa shape index (κ1) is 24.0. The molecule has 0 spiro atoms. The molecule has 2 unspecified atom stereocenters. The van der Waals surface area contributed by atoms with Crippen molar-refractivity contribution in [1.29, 1.82) is 0 Å². The Kier molecular flexibility index (Phi) is 13.6. The summed E-state index contributed by atoms with van der Waals surface area (Å²) in [7, 11) is 3.01. The van der Waals surface area contributed by atoms with Crippen LogP contribution >= 0.6 is 12.4 Å². The van der Waals surface area contributed by atoms with Crippen LogP contribution in [0.1, 0.15) is 30.9 Å². The molecule has 1 aromatic rings. The van der Waals surface area contributed by atoms with Gasteiger partial charge in [0.2, 0.25) is 0 Å². The van der Waals surface area contributed by atoms with E-state index in [9.17, 15) is 0 Å². The van der Waals surface area contributed by atoms with E-state index in [0.717, 1.165) is 18.4 Å². The fourth-order valence-corrected chi connectivity index (χ4v) is 2.38.